The molecule has 0 aromatic heterocycles. The molecule has 1 atom stereocenters. The Balaban J connectivity index is 2.97. The van der Waals surface area contributed by atoms with Gasteiger partial charge < -0.3 is 4.79 Å². The summed E-state index contributed by atoms with van der Waals surface area (Å²) in [6.07, 6.45) is 1.56. The van der Waals surface area contributed by atoms with E-state index in [2.05, 4.69) is 51.6 Å². The predicted octanol–water partition coefficient (Wildman–Crippen LogP) is 5.01. The van der Waals surface area contributed by atoms with Crippen LogP contribution in [0.3, 0.4) is 0 Å². The van der Waals surface area contributed by atoms with E-state index in [4.69, 9.17) is 0 Å². The first-order valence-corrected chi connectivity index (χ1v) is 6.97. The molecule has 1 rings (SSSR count). The van der Waals surface area contributed by atoms with E-state index in [0.29, 0.717) is 12.3 Å². The number of benzene rings is 1. The van der Waals surface area contributed by atoms with E-state index >= 15 is 0 Å². The molecule has 2 heteroatoms. The van der Waals surface area contributed by atoms with E-state index in [0.717, 1.165) is 6.29 Å². The quantitative estimate of drug-likeness (QED) is 0.669. The minimum atomic E-state index is 0.291. The lowest BCUT2D eigenvalue weighted by Crippen LogP contribution is -1.94. The van der Waals surface area contributed by atoms with E-state index < -0.39 is 0 Å². The van der Waals surface area contributed by atoms with Crippen LogP contribution in [-0.4, -0.2) is 6.29 Å². The number of rotatable bonds is 6. The summed E-state index contributed by atoms with van der Waals surface area (Å²) in [7, 11) is 0. The van der Waals surface area contributed by atoms with Gasteiger partial charge in [0, 0.05) is 11.3 Å². The molecule has 0 aliphatic carbocycles. The van der Waals surface area contributed by atoms with Gasteiger partial charge in [0.25, 0.3) is 0 Å². The molecule has 0 heterocycles. The molecule has 0 bridgehead atoms. The third kappa shape index (κ3) is 3.88. The summed E-state index contributed by atoms with van der Waals surface area (Å²) < 4.78 is 0. The molecular formula is C16H20OS. The molecule has 0 saturated carbocycles. The number of carbonyl (C=O) groups excluding carboxylic acids is 1. The van der Waals surface area contributed by atoms with Crippen molar-refractivity contribution in [2.75, 3.05) is 0 Å². The first-order chi connectivity index (χ1) is 8.60. The highest BCUT2D eigenvalue weighted by molar-refractivity contribution is 8.10. The van der Waals surface area contributed by atoms with Gasteiger partial charge in [-0.25, -0.2) is 0 Å². The molecule has 0 amide bonds. The monoisotopic (exact) mass is 260 g/mol. The Morgan fingerprint density at radius 1 is 1.33 bits per heavy atom. The Morgan fingerprint density at radius 3 is 2.39 bits per heavy atom. The normalized spacial score (nSPS) is 11.7. The van der Waals surface area contributed by atoms with E-state index in [-0.39, 0.29) is 0 Å². The van der Waals surface area contributed by atoms with Gasteiger partial charge in [-0.15, -0.1) is 0 Å². The lowest BCUT2D eigenvalue weighted by molar-refractivity contribution is -0.108. The lowest BCUT2D eigenvalue weighted by Gasteiger charge is -2.11. The zero-order valence-electron chi connectivity index (χ0n) is 11.3. The van der Waals surface area contributed by atoms with Gasteiger partial charge in [0.2, 0.25) is 0 Å². The Kier molecular flexibility index (Phi) is 5.93. The molecule has 96 valence electrons. The zero-order valence-corrected chi connectivity index (χ0v) is 12.1. The molecule has 1 aromatic rings. The molecular weight excluding hydrogens is 240 g/mol. The van der Waals surface area contributed by atoms with Crippen LogP contribution in [0.5, 0.6) is 0 Å². The van der Waals surface area contributed by atoms with Crippen LogP contribution in [0, 0.1) is 0 Å². The van der Waals surface area contributed by atoms with Crippen molar-refractivity contribution in [3.63, 3.8) is 0 Å². The molecule has 1 nitrogen and oxygen atoms in total. The molecule has 1 unspecified atom stereocenters. The van der Waals surface area contributed by atoms with Gasteiger partial charge in [0.15, 0.2) is 0 Å². The maximum Gasteiger partial charge on any atom is 0.120 e. The van der Waals surface area contributed by atoms with Crippen molar-refractivity contribution >= 4 is 23.0 Å². The van der Waals surface area contributed by atoms with Crippen molar-refractivity contribution in [2.24, 2.45) is 0 Å². The van der Waals surface area contributed by atoms with E-state index in [9.17, 15) is 4.79 Å². The summed E-state index contributed by atoms with van der Waals surface area (Å²) in [5.41, 5.74) is 3.71. The summed E-state index contributed by atoms with van der Waals surface area (Å²) in [6.45, 7) is 10.1. The van der Waals surface area contributed by atoms with Crippen molar-refractivity contribution in [3.8, 4) is 0 Å². The molecule has 1 aromatic carbocycles. The fourth-order valence-corrected chi connectivity index (χ4v) is 2.48. The smallest absolute Gasteiger partial charge is 0.120 e. The van der Waals surface area contributed by atoms with Crippen LogP contribution in [0.1, 0.15) is 44.2 Å². The van der Waals surface area contributed by atoms with Crippen LogP contribution in [0.25, 0.3) is 4.91 Å². The average molecular weight is 260 g/mol. The van der Waals surface area contributed by atoms with Gasteiger partial charge in [-0.1, -0.05) is 55.1 Å². The van der Waals surface area contributed by atoms with Crippen molar-refractivity contribution < 1.29 is 4.79 Å². The lowest BCUT2D eigenvalue weighted by atomic mass is 9.97. The van der Waals surface area contributed by atoms with Crippen molar-refractivity contribution in [2.45, 2.75) is 33.1 Å². The SMILES string of the molecule is C=CSC(=C(C)C)c1ccc(C(C)CC=O)cc1. The first kappa shape index (κ1) is 14.8. The van der Waals surface area contributed by atoms with Gasteiger partial charge in [-0.3, -0.25) is 0 Å². The third-order valence-corrected chi connectivity index (χ3v) is 3.89. The fraction of sp³-hybridized carbons (Fsp3) is 0.312. The number of hydrogen-bond acceptors (Lipinski definition) is 2. The molecule has 0 saturated heterocycles. The van der Waals surface area contributed by atoms with Gasteiger partial charge in [0.1, 0.15) is 6.29 Å². The van der Waals surface area contributed by atoms with Gasteiger partial charge in [0.05, 0.1) is 0 Å². The van der Waals surface area contributed by atoms with Gasteiger partial charge >= 0.3 is 0 Å². The molecule has 0 N–H and O–H groups in total. The van der Waals surface area contributed by atoms with Crippen LogP contribution in [0.4, 0.5) is 0 Å². The Bertz CT molecular complexity index is 439. The minimum Gasteiger partial charge on any atom is -0.303 e. The van der Waals surface area contributed by atoms with E-state index in [1.165, 1.54) is 21.6 Å². The highest BCUT2D eigenvalue weighted by atomic mass is 32.2. The Morgan fingerprint density at radius 2 is 1.94 bits per heavy atom. The van der Waals surface area contributed by atoms with Crippen molar-refractivity contribution in [1.29, 1.82) is 0 Å². The predicted molar refractivity (Wildman–Crippen MR) is 81.6 cm³/mol. The summed E-state index contributed by atoms with van der Waals surface area (Å²) in [5.74, 6) is 0.291. The van der Waals surface area contributed by atoms with E-state index in [1.54, 1.807) is 11.8 Å². The molecule has 0 aliphatic heterocycles. The second-order valence-corrected chi connectivity index (χ2v) is 5.52. The first-order valence-electron chi connectivity index (χ1n) is 6.09. The topological polar surface area (TPSA) is 17.1 Å². The summed E-state index contributed by atoms with van der Waals surface area (Å²) in [4.78, 5) is 11.8. The van der Waals surface area contributed by atoms with Gasteiger partial charge in [-0.05, 0) is 36.3 Å². The van der Waals surface area contributed by atoms with Crippen LogP contribution < -0.4 is 0 Å². The Labute approximate surface area is 114 Å². The second kappa shape index (κ2) is 7.22. The van der Waals surface area contributed by atoms with Crippen molar-refractivity contribution in [1.82, 2.24) is 0 Å². The molecule has 18 heavy (non-hydrogen) atoms. The van der Waals surface area contributed by atoms with Crippen molar-refractivity contribution in [3.05, 3.63) is 53.0 Å². The highest BCUT2D eigenvalue weighted by Gasteiger charge is 2.07. The number of aldehydes is 1. The number of allylic oxidation sites excluding steroid dienone is 1. The van der Waals surface area contributed by atoms with Crippen LogP contribution in [0.2, 0.25) is 0 Å². The number of carbonyl (C=O) groups is 1. The zero-order chi connectivity index (χ0) is 13.5. The Hall–Kier alpha value is -1.28. The minimum absolute atomic E-state index is 0.291. The highest BCUT2D eigenvalue weighted by Crippen LogP contribution is 2.32. The van der Waals surface area contributed by atoms with Crippen LogP contribution >= 0.6 is 11.8 Å². The second-order valence-electron chi connectivity index (χ2n) is 4.54. The molecule has 0 aliphatic rings. The maximum absolute atomic E-state index is 10.5. The van der Waals surface area contributed by atoms with Crippen LogP contribution in [0.15, 0.2) is 41.8 Å². The third-order valence-electron chi connectivity index (χ3n) is 2.85. The number of hydrogen-bond donors (Lipinski definition) is 0. The van der Waals surface area contributed by atoms with Gasteiger partial charge in [-0.2, -0.15) is 0 Å². The summed E-state index contributed by atoms with van der Waals surface area (Å²) in [5, 5.41) is 1.85. The molecule has 0 radical (unpaired) electrons. The average Bonchev–Trinajstić information content (AvgIpc) is 2.36. The molecule has 0 fully saturated rings. The summed E-state index contributed by atoms with van der Waals surface area (Å²) in [6, 6.07) is 8.46. The van der Waals surface area contributed by atoms with Crippen LogP contribution in [-0.2, 0) is 4.79 Å². The number of thioether (sulfide) groups is 1. The standard InChI is InChI=1S/C16H20OS/c1-5-18-16(12(2)3)15-8-6-14(7-9-15)13(4)10-11-17/h5-9,11,13H,1,10H2,2-4H3. The molecule has 0 spiro atoms. The maximum atomic E-state index is 10.5. The van der Waals surface area contributed by atoms with E-state index in [1.807, 2.05) is 5.41 Å². The summed E-state index contributed by atoms with van der Waals surface area (Å²) >= 11 is 1.65. The fourth-order valence-electron chi connectivity index (χ4n) is 1.80. The largest absolute Gasteiger partial charge is 0.303 e.